The third-order valence-corrected chi connectivity index (χ3v) is 6.11. The molecule has 1 N–H and O–H groups in total. The van der Waals surface area contributed by atoms with Crippen LogP contribution in [0.15, 0.2) is 53.4 Å². The summed E-state index contributed by atoms with van der Waals surface area (Å²) >= 11 is 0. The third-order valence-electron chi connectivity index (χ3n) is 4.96. The van der Waals surface area contributed by atoms with E-state index in [1.807, 2.05) is 12.1 Å². The minimum atomic E-state index is -3.40. The highest BCUT2D eigenvalue weighted by Crippen LogP contribution is 2.20. The van der Waals surface area contributed by atoms with E-state index < -0.39 is 9.84 Å². The molecule has 2 aromatic rings. The second kappa shape index (κ2) is 9.39. The van der Waals surface area contributed by atoms with Crippen molar-refractivity contribution in [2.24, 2.45) is 0 Å². The van der Waals surface area contributed by atoms with E-state index in [1.165, 1.54) is 11.6 Å². The Balaban J connectivity index is 1.49. The number of nitrogens with one attached hydrogen (secondary N) is 1. The average molecular weight is 418 g/mol. The molecule has 1 aliphatic heterocycles. The molecule has 1 fully saturated rings. The van der Waals surface area contributed by atoms with Crippen molar-refractivity contribution in [3.05, 3.63) is 54.1 Å². The fourth-order valence-corrected chi connectivity index (χ4v) is 4.23. The summed E-state index contributed by atoms with van der Waals surface area (Å²) in [5, 5.41) is 2.74. The molecule has 1 amide bonds. The number of amides is 1. The minimum Gasteiger partial charge on any atom is -0.497 e. The van der Waals surface area contributed by atoms with E-state index >= 15 is 0 Å². The predicted octanol–water partition coefficient (Wildman–Crippen LogP) is 1.85. The highest BCUT2D eigenvalue weighted by Gasteiger charge is 2.20. The first-order valence-electron chi connectivity index (χ1n) is 9.52. The molecule has 156 valence electrons. The lowest BCUT2D eigenvalue weighted by molar-refractivity contribution is -0.117. The fraction of sp³-hybridized carbons (Fsp3) is 0.381. The molecule has 2 aromatic carbocycles. The highest BCUT2D eigenvalue weighted by atomic mass is 32.2. The van der Waals surface area contributed by atoms with E-state index in [-0.39, 0.29) is 17.3 Å². The average Bonchev–Trinajstić information content (AvgIpc) is 2.69. The lowest BCUT2D eigenvalue weighted by Crippen LogP contribution is -2.48. The Morgan fingerprint density at radius 3 is 2.24 bits per heavy atom. The Labute approximate surface area is 172 Å². The molecule has 29 heavy (non-hydrogen) atoms. The molecule has 0 unspecified atom stereocenters. The van der Waals surface area contributed by atoms with Gasteiger partial charge in [0.05, 0.1) is 24.2 Å². The normalized spacial score (nSPS) is 15.8. The topological polar surface area (TPSA) is 79.0 Å². The number of carbonyl (C=O) groups is 1. The molecule has 0 spiro atoms. The number of methoxy groups -OCH3 is 1. The third kappa shape index (κ3) is 6.03. The van der Waals surface area contributed by atoms with Crippen LogP contribution in [-0.2, 0) is 21.2 Å². The van der Waals surface area contributed by atoms with E-state index in [2.05, 4.69) is 27.2 Å². The molecule has 1 heterocycles. The first-order chi connectivity index (χ1) is 13.8. The number of carbonyl (C=O) groups excluding carboxylic acids is 1. The summed E-state index contributed by atoms with van der Waals surface area (Å²) in [7, 11) is -1.74. The molecule has 8 heteroatoms. The van der Waals surface area contributed by atoms with Gasteiger partial charge in [-0.05, 0) is 29.8 Å². The lowest BCUT2D eigenvalue weighted by Gasteiger charge is -2.34. The van der Waals surface area contributed by atoms with Gasteiger partial charge in [0.15, 0.2) is 9.84 Å². The van der Waals surface area contributed by atoms with Crippen LogP contribution in [0.3, 0.4) is 0 Å². The van der Waals surface area contributed by atoms with Gasteiger partial charge in [0.25, 0.3) is 0 Å². The molecule has 0 radical (unpaired) electrons. The smallest absolute Gasteiger partial charge is 0.238 e. The van der Waals surface area contributed by atoms with E-state index in [9.17, 15) is 13.2 Å². The number of nitrogens with zero attached hydrogens (tertiary/aromatic N) is 2. The summed E-state index contributed by atoms with van der Waals surface area (Å²) in [5.41, 5.74) is 1.56. The van der Waals surface area contributed by atoms with Crippen molar-refractivity contribution in [3.8, 4) is 5.75 Å². The van der Waals surface area contributed by atoms with Gasteiger partial charge in [-0.25, -0.2) is 8.42 Å². The highest BCUT2D eigenvalue weighted by molar-refractivity contribution is 7.90. The van der Waals surface area contributed by atoms with Crippen LogP contribution in [0, 0.1) is 0 Å². The van der Waals surface area contributed by atoms with Gasteiger partial charge < -0.3 is 10.1 Å². The molecule has 3 rings (SSSR count). The number of anilines is 1. The second-order valence-electron chi connectivity index (χ2n) is 7.22. The Kier molecular flexibility index (Phi) is 6.89. The second-order valence-corrected chi connectivity index (χ2v) is 9.20. The quantitative estimate of drug-likeness (QED) is 0.741. The fourth-order valence-electron chi connectivity index (χ4n) is 3.38. The van der Waals surface area contributed by atoms with Crippen LogP contribution in [0.5, 0.6) is 5.75 Å². The van der Waals surface area contributed by atoms with Crippen LogP contribution in [0.25, 0.3) is 0 Å². The molecule has 1 saturated heterocycles. The number of ether oxygens (including phenoxy) is 1. The zero-order valence-electron chi connectivity index (χ0n) is 16.8. The van der Waals surface area contributed by atoms with Crippen LogP contribution in [0.4, 0.5) is 5.69 Å². The number of hydrogen-bond acceptors (Lipinski definition) is 6. The van der Waals surface area contributed by atoms with E-state index in [0.717, 1.165) is 44.7 Å². The monoisotopic (exact) mass is 417 g/mol. The molecule has 1 aliphatic rings. The molecular formula is C21H27N3O4S. The summed E-state index contributed by atoms with van der Waals surface area (Å²) in [6, 6.07) is 14.5. The molecule has 0 atom stereocenters. The number of hydrogen-bond donors (Lipinski definition) is 1. The van der Waals surface area contributed by atoms with Crippen molar-refractivity contribution in [1.82, 2.24) is 9.80 Å². The summed E-state index contributed by atoms with van der Waals surface area (Å²) in [5.74, 6) is 0.645. The number of para-hydroxylation sites is 1. The van der Waals surface area contributed by atoms with Crippen molar-refractivity contribution in [1.29, 1.82) is 0 Å². The first kappa shape index (κ1) is 21.3. The maximum absolute atomic E-state index is 12.4. The molecule has 0 aliphatic carbocycles. The molecule has 7 nitrogen and oxygen atoms in total. The lowest BCUT2D eigenvalue weighted by atomic mass is 10.2. The van der Waals surface area contributed by atoms with Crippen LogP contribution in [0.2, 0.25) is 0 Å². The van der Waals surface area contributed by atoms with E-state index in [0.29, 0.717) is 5.69 Å². The van der Waals surface area contributed by atoms with Gasteiger partial charge in [-0.15, -0.1) is 0 Å². The van der Waals surface area contributed by atoms with Crippen LogP contribution in [-0.4, -0.2) is 70.2 Å². The summed E-state index contributed by atoms with van der Waals surface area (Å²) < 4.78 is 28.9. The summed E-state index contributed by atoms with van der Waals surface area (Å²) in [6.07, 6.45) is 1.14. The van der Waals surface area contributed by atoms with E-state index in [4.69, 9.17) is 4.74 Å². The Morgan fingerprint density at radius 2 is 1.62 bits per heavy atom. The Morgan fingerprint density at radius 1 is 1.00 bits per heavy atom. The number of sulfone groups is 1. The van der Waals surface area contributed by atoms with Gasteiger partial charge in [-0.1, -0.05) is 24.3 Å². The maximum Gasteiger partial charge on any atom is 0.238 e. The summed E-state index contributed by atoms with van der Waals surface area (Å²) in [6.45, 7) is 4.44. The van der Waals surface area contributed by atoms with Crippen molar-refractivity contribution in [2.45, 2.75) is 11.4 Å². The number of rotatable bonds is 7. The number of piperazine rings is 1. The van der Waals surface area contributed by atoms with Gasteiger partial charge in [0, 0.05) is 39.0 Å². The van der Waals surface area contributed by atoms with E-state index in [1.54, 1.807) is 25.3 Å². The van der Waals surface area contributed by atoms with Crippen LogP contribution >= 0.6 is 0 Å². The van der Waals surface area contributed by atoms with Crippen molar-refractivity contribution < 1.29 is 17.9 Å². The SMILES string of the molecule is COc1ccc(CN2CCN(CC(=O)Nc3ccccc3S(C)(=O)=O)CC2)cc1. The molecular weight excluding hydrogens is 390 g/mol. The Hall–Kier alpha value is -2.42. The molecule has 0 saturated carbocycles. The van der Waals surface area contributed by atoms with Crippen molar-refractivity contribution >= 4 is 21.4 Å². The summed E-state index contributed by atoms with van der Waals surface area (Å²) in [4.78, 5) is 17.0. The van der Waals surface area contributed by atoms with Crippen LogP contribution in [0.1, 0.15) is 5.56 Å². The zero-order chi connectivity index (χ0) is 20.9. The van der Waals surface area contributed by atoms with Gasteiger partial charge in [0.2, 0.25) is 5.91 Å². The van der Waals surface area contributed by atoms with Gasteiger partial charge in [-0.2, -0.15) is 0 Å². The zero-order valence-corrected chi connectivity index (χ0v) is 17.6. The van der Waals surface area contributed by atoms with Gasteiger partial charge in [-0.3, -0.25) is 14.6 Å². The van der Waals surface area contributed by atoms with Crippen molar-refractivity contribution in [3.63, 3.8) is 0 Å². The molecule has 0 aromatic heterocycles. The maximum atomic E-state index is 12.4. The van der Waals surface area contributed by atoms with Crippen molar-refractivity contribution in [2.75, 3.05) is 51.4 Å². The molecule has 0 bridgehead atoms. The van der Waals surface area contributed by atoms with Crippen LogP contribution < -0.4 is 10.1 Å². The number of benzene rings is 2. The first-order valence-corrected chi connectivity index (χ1v) is 11.4. The Bertz CT molecular complexity index is 937. The van der Waals surface area contributed by atoms with Gasteiger partial charge in [0.1, 0.15) is 5.75 Å². The largest absolute Gasteiger partial charge is 0.497 e. The standard InChI is InChI=1S/C21H27N3O4S/c1-28-18-9-7-17(8-10-18)15-23-11-13-24(14-12-23)16-21(25)22-19-5-3-4-6-20(19)29(2,26)27/h3-10H,11-16H2,1-2H3,(H,22,25). The predicted molar refractivity (Wildman–Crippen MR) is 113 cm³/mol. The minimum absolute atomic E-state index is 0.137. The van der Waals surface area contributed by atoms with Gasteiger partial charge >= 0.3 is 0 Å².